The first kappa shape index (κ1) is 26.7. The maximum atomic E-state index is 13.3. The number of hydrogen-bond acceptors (Lipinski definition) is 4. The summed E-state index contributed by atoms with van der Waals surface area (Å²) >= 11 is 0. The van der Waals surface area contributed by atoms with Crippen molar-refractivity contribution in [1.82, 2.24) is 4.90 Å². The van der Waals surface area contributed by atoms with Gasteiger partial charge in [0.25, 0.3) is 0 Å². The van der Waals surface area contributed by atoms with E-state index in [0.717, 1.165) is 42.5 Å². The molecule has 1 saturated carbocycles. The highest BCUT2D eigenvalue weighted by Crippen LogP contribution is 2.39. The lowest BCUT2D eigenvalue weighted by molar-refractivity contribution is -0.161. The maximum Gasteiger partial charge on any atom is 0.324 e. The molecule has 2 unspecified atom stereocenters. The number of likely N-dealkylation sites (N-methyl/N-ethyl adjacent to an activating group) is 1. The van der Waals surface area contributed by atoms with E-state index in [-0.39, 0.29) is 30.4 Å². The van der Waals surface area contributed by atoms with Gasteiger partial charge in [-0.1, -0.05) is 55.3 Å². The Labute approximate surface area is 209 Å². The van der Waals surface area contributed by atoms with Crippen LogP contribution in [0.15, 0.2) is 54.6 Å². The Morgan fingerprint density at radius 2 is 1.66 bits per heavy atom. The van der Waals surface area contributed by atoms with Crippen molar-refractivity contribution in [2.24, 2.45) is 5.92 Å². The standard InChI is InChI=1S/C29H40N2O4/c1-5-30(19-20-32)28(34)31(24-11-7-6-8-12-24)21-22-15-17-23(18-16-22)25-13-9-10-14-26(25)27(33)35-29(2,3)4/h6-8,11-12,15-18,25-26,32H,5,9-10,13-14,19-21H2,1-4H3. The first-order valence-electron chi connectivity index (χ1n) is 12.8. The molecular formula is C29H40N2O4. The highest BCUT2D eigenvalue weighted by atomic mass is 16.6. The molecule has 0 saturated heterocycles. The van der Waals surface area contributed by atoms with Gasteiger partial charge in [0.05, 0.1) is 19.1 Å². The van der Waals surface area contributed by atoms with Crippen molar-refractivity contribution in [3.05, 3.63) is 65.7 Å². The Morgan fingerprint density at radius 3 is 2.26 bits per heavy atom. The molecule has 3 rings (SSSR count). The van der Waals surface area contributed by atoms with Crippen molar-refractivity contribution in [1.29, 1.82) is 0 Å². The highest BCUT2D eigenvalue weighted by molar-refractivity contribution is 5.92. The maximum absolute atomic E-state index is 13.3. The fraction of sp³-hybridized carbons (Fsp3) is 0.517. The number of rotatable bonds is 8. The van der Waals surface area contributed by atoms with E-state index in [1.54, 1.807) is 9.80 Å². The smallest absolute Gasteiger partial charge is 0.324 e. The minimum absolute atomic E-state index is 0.0723. The number of nitrogens with zero attached hydrogens (tertiary/aromatic N) is 2. The quantitative estimate of drug-likeness (QED) is 0.489. The Hall–Kier alpha value is -2.86. The van der Waals surface area contributed by atoms with Gasteiger partial charge in [-0.2, -0.15) is 0 Å². The summed E-state index contributed by atoms with van der Waals surface area (Å²) in [6.07, 6.45) is 3.99. The van der Waals surface area contributed by atoms with Crippen LogP contribution >= 0.6 is 0 Å². The number of ether oxygens (including phenoxy) is 1. The van der Waals surface area contributed by atoms with E-state index >= 15 is 0 Å². The van der Waals surface area contributed by atoms with E-state index in [0.29, 0.717) is 19.6 Å². The number of aliphatic hydroxyl groups is 1. The summed E-state index contributed by atoms with van der Waals surface area (Å²) in [5.74, 6) is -0.0666. The summed E-state index contributed by atoms with van der Waals surface area (Å²) < 4.78 is 5.73. The zero-order chi connectivity index (χ0) is 25.4. The molecule has 0 aliphatic heterocycles. The summed E-state index contributed by atoms with van der Waals surface area (Å²) in [5.41, 5.74) is 2.49. The van der Waals surface area contributed by atoms with Crippen LogP contribution in [0.2, 0.25) is 0 Å². The molecule has 190 valence electrons. The summed E-state index contributed by atoms with van der Waals surface area (Å²) in [6.45, 7) is 8.83. The summed E-state index contributed by atoms with van der Waals surface area (Å²) in [5, 5.41) is 9.39. The molecule has 1 aliphatic carbocycles. The van der Waals surface area contributed by atoms with Gasteiger partial charge < -0.3 is 14.7 Å². The number of carbonyl (C=O) groups is 2. The van der Waals surface area contributed by atoms with Gasteiger partial charge in [0, 0.05) is 18.8 Å². The topological polar surface area (TPSA) is 70.1 Å². The van der Waals surface area contributed by atoms with Crippen molar-refractivity contribution in [3.8, 4) is 0 Å². The van der Waals surface area contributed by atoms with E-state index in [4.69, 9.17) is 4.74 Å². The van der Waals surface area contributed by atoms with Crippen LogP contribution in [0.1, 0.15) is 70.4 Å². The molecule has 0 bridgehead atoms. The van der Waals surface area contributed by atoms with Gasteiger partial charge in [-0.25, -0.2) is 4.79 Å². The molecule has 2 amide bonds. The van der Waals surface area contributed by atoms with E-state index in [9.17, 15) is 14.7 Å². The fourth-order valence-corrected chi connectivity index (χ4v) is 4.80. The Morgan fingerprint density at radius 1 is 1.00 bits per heavy atom. The van der Waals surface area contributed by atoms with Gasteiger partial charge in [-0.05, 0) is 69.7 Å². The minimum Gasteiger partial charge on any atom is -0.460 e. The lowest BCUT2D eigenvalue weighted by Crippen LogP contribution is -2.44. The number of para-hydroxylation sites is 1. The van der Waals surface area contributed by atoms with Crippen LogP contribution in [-0.4, -0.2) is 47.3 Å². The number of esters is 1. The van der Waals surface area contributed by atoms with E-state index in [1.165, 1.54) is 0 Å². The molecular weight excluding hydrogens is 440 g/mol. The second kappa shape index (κ2) is 12.2. The Kier molecular flexibility index (Phi) is 9.33. The van der Waals surface area contributed by atoms with Gasteiger partial charge >= 0.3 is 12.0 Å². The van der Waals surface area contributed by atoms with Crippen molar-refractivity contribution < 1.29 is 19.4 Å². The molecule has 1 N–H and O–H groups in total. The molecule has 6 heteroatoms. The van der Waals surface area contributed by atoms with Crippen LogP contribution in [0.25, 0.3) is 0 Å². The minimum atomic E-state index is -0.487. The van der Waals surface area contributed by atoms with Crippen LogP contribution in [0, 0.1) is 5.92 Å². The largest absolute Gasteiger partial charge is 0.460 e. The van der Waals surface area contributed by atoms with Crippen LogP contribution in [0.5, 0.6) is 0 Å². The predicted octanol–water partition coefficient (Wildman–Crippen LogP) is 5.74. The second-order valence-corrected chi connectivity index (χ2v) is 10.3. The van der Waals surface area contributed by atoms with E-state index in [1.807, 2.05) is 58.0 Å². The summed E-state index contributed by atoms with van der Waals surface area (Å²) in [4.78, 5) is 29.6. The van der Waals surface area contributed by atoms with Crippen molar-refractivity contribution in [2.45, 2.75) is 71.4 Å². The van der Waals surface area contributed by atoms with Gasteiger partial charge in [0.1, 0.15) is 5.60 Å². The Balaban J connectivity index is 1.80. The molecule has 0 aromatic heterocycles. The van der Waals surface area contributed by atoms with Crippen molar-refractivity contribution >= 4 is 17.7 Å². The Bertz CT molecular complexity index is 953. The van der Waals surface area contributed by atoms with E-state index < -0.39 is 5.60 Å². The average molecular weight is 481 g/mol. The second-order valence-electron chi connectivity index (χ2n) is 10.3. The van der Waals surface area contributed by atoms with Crippen molar-refractivity contribution in [2.75, 3.05) is 24.6 Å². The summed E-state index contributed by atoms with van der Waals surface area (Å²) in [6, 6.07) is 17.8. The molecule has 0 heterocycles. The fourth-order valence-electron chi connectivity index (χ4n) is 4.80. The van der Waals surface area contributed by atoms with Gasteiger partial charge in [0.15, 0.2) is 0 Å². The third-order valence-electron chi connectivity index (χ3n) is 6.54. The SMILES string of the molecule is CCN(CCO)C(=O)N(Cc1ccc(C2CCCCC2C(=O)OC(C)(C)C)cc1)c1ccccc1. The number of carbonyl (C=O) groups excluding carboxylic acids is 2. The molecule has 2 atom stereocenters. The summed E-state index contributed by atoms with van der Waals surface area (Å²) in [7, 11) is 0. The molecule has 0 radical (unpaired) electrons. The average Bonchev–Trinajstić information content (AvgIpc) is 2.85. The lowest BCUT2D eigenvalue weighted by atomic mass is 9.75. The number of hydrogen-bond donors (Lipinski definition) is 1. The van der Waals surface area contributed by atoms with Gasteiger partial charge in [-0.15, -0.1) is 0 Å². The number of amides is 2. The molecule has 0 spiro atoms. The number of urea groups is 1. The zero-order valence-corrected chi connectivity index (χ0v) is 21.6. The molecule has 2 aromatic rings. The number of aliphatic hydroxyl groups excluding tert-OH is 1. The first-order valence-corrected chi connectivity index (χ1v) is 12.8. The third kappa shape index (κ3) is 7.31. The predicted molar refractivity (Wildman–Crippen MR) is 139 cm³/mol. The first-order chi connectivity index (χ1) is 16.7. The lowest BCUT2D eigenvalue weighted by Gasteiger charge is -2.33. The van der Waals surface area contributed by atoms with Crippen LogP contribution in [0.4, 0.5) is 10.5 Å². The molecule has 6 nitrogen and oxygen atoms in total. The molecule has 1 aliphatic rings. The van der Waals surface area contributed by atoms with Crippen LogP contribution in [-0.2, 0) is 16.1 Å². The van der Waals surface area contributed by atoms with Gasteiger partial charge in [0.2, 0.25) is 0 Å². The molecule has 35 heavy (non-hydrogen) atoms. The monoisotopic (exact) mass is 480 g/mol. The van der Waals surface area contributed by atoms with Crippen LogP contribution in [0.3, 0.4) is 0 Å². The highest BCUT2D eigenvalue weighted by Gasteiger charge is 2.35. The third-order valence-corrected chi connectivity index (χ3v) is 6.54. The molecule has 2 aromatic carbocycles. The molecule has 1 fully saturated rings. The van der Waals surface area contributed by atoms with E-state index in [2.05, 4.69) is 24.3 Å². The zero-order valence-electron chi connectivity index (χ0n) is 21.6. The van der Waals surface area contributed by atoms with Crippen LogP contribution < -0.4 is 4.90 Å². The normalized spacial score (nSPS) is 18.1. The van der Waals surface area contributed by atoms with Gasteiger partial charge in [-0.3, -0.25) is 9.69 Å². The number of anilines is 1. The number of benzene rings is 2. The van der Waals surface area contributed by atoms with Crippen molar-refractivity contribution in [3.63, 3.8) is 0 Å².